The first-order valence-corrected chi connectivity index (χ1v) is 11.1. The van der Waals surface area contributed by atoms with Gasteiger partial charge in [-0.05, 0) is 55.0 Å². The molecule has 0 saturated heterocycles. The van der Waals surface area contributed by atoms with E-state index in [0.29, 0.717) is 18.4 Å². The molecule has 0 fully saturated rings. The van der Waals surface area contributed by atoms with Crippen LogP contribution in [0, 0.1) is 12.8 Å². The van der Waals surface area contributed by atoms with Crippen LogP contribution in [-0.2, 0) is 0 Å². The summed E-state index contributed by atoms with van der Waals surface area (Å²) < 4.78 is 6.97. The summed E-state index contributed by atoms with van der Waals surface area (Å²) in [7, 11) is 0. The van der Waals surface area contributed by atoms with Gasteiger partial charge in [0.15, 0.2) is 0 Å². The smallest absolute Gasteiger partial charge is 0.127 e. The number of thiol groups is 2. The van der Waals surface area contributed by atoms with Crippen LogP contribution in [0.2, 0.25) is 0 Å². The summed E-state index contributed by atoms with van der Waals surface area (Å²) in [4.78, 5) is 2.00. The lowest BCUT2D eigenvalue weighted by Gasteiger charge is -2.16. The molecule has 0 aliphatic heterocycles. The van der Waals surface area contributed by atoms with E-state index in [1.165, 1.54) is 11.1 Å². The monoisotopic (exact) mass is 418 g/mol. The molecule has 2 aromatic rings. The van der Waals surface area contributed by atoms with Gasteiger partial charge in [0.25, 0.3) is 0 Å². The molecule has 0 aliphatic rings. The third kappa shape index (κ3) is 6.85. The molecule has 0 N–H and O–H groups in total. The summed E-state index contributed by atoms with van der Waals surface area (Å²) in [5.41, 5.74) is 3.53. The Balaban J connectivity index is 2.32. The Morgan fingerprint density at radius 1 is 1.00 bits per heavy atom. The largest absolute Gasteiger partial charge is 0.493 e. The average molecular weight is 419 g/mol. The summed E-state index contributed by atoms with van der Waals surface area (Å²) in [6, 6.07) is 14.8. The molecule has 146 valence electrons. The maximum atomic E-state index is 6.09. The number of thioether (sulfide) groups is 1. The zero-order valence-corrected chi connectivity index (χ0v) is 19.4. The van der Waals surface area contributed by atoms with Gasteiger partial charge in [-0.2, -0.15) is 0 Å². The lowest BCUT2D eigenvalue weighted by atomic mass is 10.00. The molecule has 2 rings (SSSR count). The Hall–Kier alpha value is -0.970. The molecule has 0 amide bonds. The maximum absolute atomic E-state index is 6.09. The Labute approximate surface area is 179 Å². The molecule has 0 saturated carbocycles. The van der Waals surface area contributed by atoms with Crippen molar-refractivity contribution in [1.29, 1.82) is 0 Å². The molecule has 4 heteroatoms. The fourth-order valence-electron chi connectivity index (χ4n) is 2.50. The van der Waals surface area contributed by atoms with Gasteiger partial charge < -0.3 is 4.74 Å². The lowest BCUT2D eigenvalue weighted by molar-refractivity contribution is 0.289. The molecule has 0 aliphatic carbocycles. The van der Waals surface area contributed by atoms with Gasteiger partial charge in [0, 0.05) is 15.4 Å². The van der Waals surface area contributed by atoms with Crippen molar-refractivity contribution in [2.75, 3.05) is 6.61 Å². The van der Waals surface area contributed by atoms with Crippen molar-refractivity contribution in [3.05, 3.63) is 63.4 Å². The van der Waals surface area contributed by atoms with Gasteiger partial charge in [-0.25, -0.2) is 0 Å². The normalized spacial score (nSPS) is 12.5. The highest BCUT2D eigenvalue weighted by Gasteiger charge is 2.13. The molecule has 0 heterocycles. The summed E-state index contributed by atoms with van der Waals surface area (Å²) in [6.07, 6.45) is 1.03. The van der Waals surface area contributed by atoms with Gasteiger partial charge in [-0.1, -0.05) is 63.2 Å². The van der Waals surface area contributed by atoms with Crippen LogP contribution in [0.1, 0.15) is 56.7 Å². The van der Waals surface area contributed by atoms with Gasteiger partial charge in [-0.15, -0.1) is 25.3 Å². The zero-order valence-electron chi connectivity index (χ0n) is 16.8. The first-order valence-electron chi connectivity index (χ1n) is 9.41. The molecule has 0 radical (unpaired) electrons. The number of hydrogen-bond donors (Lipinski definition) is 2. The Morgan fingerprint density at radius 3 is 2.26 bits per heavy atom. The van der Waals surface area contributed by atoms with E-state index in [2.05, 4.69) is 77.1 Å². The highest BCUT2D eigenvalue weighted by atomic mass is 32.2. The van der Waals surface area contributed by atoms with Crippen molar-refractivity contribution < 1.29 is 4.74 Å². The van der Waals surface area contributed by atoms with E-state index < -0.39 is 0 Å². The van der Waals surface area contributed by atoms with Gasteiger partial charge >= 0.3 is 0 Å². The standard InChI is InChI=1S/C23H30OS3/c1-15(2)12-13-24-21-11-8-18(16(3)4)14-20(21)22(25)23(26)27-19-9-6-17(5)7-10-19/h6-11,14-16,25-26H,12-13H2,1-5H3. The minimum atomic E-state index is 0.447. The number of ether oxygens (including phenoxy) is 1. The van der Waals surface area contributed by atoms with Gasteiger partial charge in [-0.3, -0.25) is 0 Å². The first kappa shape index (κ1) is 22.3. The van der Waals surface area contributed by atoms with E-state index in [0.717, 1.165) is 31.8 Å². The summed E-state index contributed by atoms with van der Waals surface area (Å²) in [5, 5.41) is 0. The van der Waals surface area contributed by atoms with Crippen molar-refractivity contribution in [2.45, 2.75) is 51.9 Å². The van der Waals surface area contributed by atoms with Crippen LogP contribution < -0.4 is 4.74 Å². The van der Waals surface area contributed by atoms with Crippen LogP contribution in [0.15, 0.2) is 51.6 Å². The van der Waals surface area contributed by atoms with E-state index in [9.17, 15) is 0 Å². The van der Waals surface area contributed by atoms with Crippen molar-refractivity contribution >= 4 is 41.9 Å². The zero-order chi connectivity index (χ0) is 20.0. The molecular weight excluding hydrogens is 388 g/mol. The number of rotatable bonds is 8. The van der Waals surface area contributed by atoms with E-state index in [-0.39, 0.29) is 0 Å². The topological polar surface area (TPSA) is 9.23 Å². The molecule has 27 heavy (non-hydrogen) atoms. The second kappa shape index (κ2) is 10.5. The van der Waals surface area contributed by atoms with E-state index in [4.69, 9.17) is 30.0 Å². The SMILES string of the molecule is Cc1ccc(SC(S)=C(S)c2cc(C(C)C)ccc2OCCC(C)C)cc1. The molecule has 1 nitrogen and oxygen atoms in total. The van der Waals surface area contributed by atoms with Crippen LogP contribution in [0.3, 0.4) is 0 Å². The Morgan fingerprint density at radius 2 is 1.67 bits per heavy atom. The Bertz CT molecular complexity index is 777. The van der Waals surface area contributed by atoms with Gasteiger partial charge in [0.2, 0.25) is 0 Å². The molecule has 0 unspecified atom stereocenters. The minimum absolute atomic E-state index is 0.447. The fraction of sp³-hybridized carbons (Fsp3) is 0.391. The van der Waals surface area contributed by atoms with E-state index in [1.54, 1.807) is 11.8 Å². The number of benzene rings is 2. The molecule has 0 spiro atoms. The van der Waals surface area contributed by atoms with E-state index >= 15 is 0 Å². The molecule has 0 atom stereocenters. The predicted molar refractivity (Wildman–Crippen MR) is 127 cm³/mol. The minimum Gasteiger partial charge on any atom is -0.493 e. The molecule has 2 aromatic carbocycles. The maximum Gasteiger partial charge on any atom is 0.127 e. The van der Waals surface area contributed by atoms with Crippen LogP contribution in [-0.4, -0.2) is 6.61 Å². The fourth-order valence-corrected chi connectivity index (χ4v) is 3.95. The quantitative estimate of drug-likeness (QED) is 0.334. The highest BCUT2D eigenvalue weighted by Crippen LogP contribution is 2.41. The van der Waals surface area contributed by atoms with Crippen molar-refractivity contribution in [3.8, 4) is 5.75 Å². The van der Waals surface area contributed by atoms with Crippen molar-refractivity contribution in [3.63, 3.8) is 0 Å². The van der Waals surface area contributed by atoms with Crippen LogP contribution >= 0.6 is 37.0 Å². The number of hydrogen-bond acceptors (Lipinski definition) is 4. The van der Waals surface area contributed by atoms with Crippen LogP contribution in [0.5, 0.6) is 5.75 Å². The third-order valence-corrected chi connectivity index (χ3v) is 6.51. The predicted octanol–water partition coefficient (Wildman–Crippen LogP) is 7.82. The second-order valence-corrected chi connectivity index (χ2v) is 9.79. The molecule has 0 bridgehead atoms. The average Bonchev–Trinajstić information content (AvgIpc) is 2.62. The third-order valence-electron chi connectivity index (χ3n) is 4.32. The summed E-state index contributed by atoms with van der Waals surface area (Å²) >= 11 is 11.2. The second-order valence-electron chi connectivity index (χ2n) is 7.51. The molecular formula is C23H30OS3. The van der Waals surface area contributed by atoms with Crippen molar-refractivity contribution in [2.24, 2.45) is 5.92 Å². The Kier molecular flexibility index (Phi) is 8.71. The highest BCUT2D eigenvalue weighted by molar-refractivity contribution is 8.17. The summed E-state index contributed by atoms with van der Waals surface area (Å²) in [5.74, 6) is 1.94. The van der Waals surface area contributed by atoms with Gasteiger partial charge in [0.05, 0.1) is 10.8 Å². The molecule has 0 aromatic heterocycles. The van der Waals surface area contributed by atoms with E-state index in [1.807, 2.05) is 0 Å². The first-order chi connectivity index (χ1) is 12.8. The lowest BCUT2D eigenvalue weighted by Crippen LogP contribution is -2.03. The van der Waals surface area contributed by atoms with Gasteiger partial charge in [0.1, 0.15) is 5.75 Å². The summed E-state index contributed by atoms with van der Waals surface area (Å²) in [6.45, 7) is 11.6. The van der Waals surface area contributed by atoms with Crippen molar-refractivity contribution in [1.82, 2.24) is 0 Å². The van der Waals surface area contributed by atoms with Crippen LogP contribution in [0.25, 0.3) is 4.91 Å². The number of aryl methyl sites for hydroxylation is 1. The van der Waals surface area contributed by atoms with Crippen LogP contribution in [0.4, 0.5) is 0 Å².